The number of benzene rings is 1. The summed E-state index contributed by atoms with van der Waals surface area (Å²) < 4.78 is 32.4. The van der Waals surface area contributed by atoms with Crippen molar-refractivity contribution in [1.29, 1.82) is 0 Å². The number of ether oxygens (including phenoxy) is 1. The number of rotatable bonds is 3. The smallest absolute Gasteiger partial charge is 0.321 e. The monoisotopic (exact) mass is 379 g/mol. The van der Waals surface area contributed by atoms with Crippen molar-refractivity contribution < 1.29 is 23.1 Å². The van der Waals surface area contributed by atoms with Crippen LogP contribution in [0.2, 0.25) is 0 Å². The number of carbonyl (C=O) groups is 2. The van der Waals surface area contributed by atoms with Crippen LogP contribution in [0.25, 0.3) is 0 Å². The molecule has 2 saturated heterocycles. The number of anilines is 1. The molecule has 27 heavy (non-hydrogen) atoms. The first kappa shape index (κ1) is 18.2. The third-order valence-electron chi connectivity index (χ3n) is 5.84. The Hall–Kier alpha value is -2.22. The molecule has 1 saturated carbocycles. The highest BCUT2D eigenvalue weighted by molar-refractivity contribution is 5.91. The van der Waals surface area contributed by atoms with Crippen molar-refractivity contribution in [1.82, 2.24) is 10.2 Å². The fourth-order valence-electron chi connectivity index (χ4n) is 4.08. The van der Waals surface area contributed by atoms with E-state index in [1.165, 1.54) is 6.07 Å². The summed E-state index contributed by atoms with van der Waals surface area (Å²) in [6.45, 7) is 1.84. The molecule has 2 N–H and O–H groups in total. The summed E-state index contributed by atoms with van der Waals surface area (Å²) in [6.07, 6.45) is 3.43. The van der Waals surface area contributed by atoms with Crippen LogP contribution >= 0.6 is 0 Å². The molecule has 1 atom stereocenters. The number of hydrogen-bond donors (Lipinski definition) is 2. The van der Waals surface area contributed by atoms with E-state index in [4.69, 9.17) is 4.74 Å². The molecule has 6 nitrogen and oxygen atoms in total. The Morgan fingerprint density at radius 3 is 2.59 bits per heavy atom. The predicted molar refractivity (Wildman–Crippen MR) is 94.1 cm³/mol. The lowest BCUT2D eigenvalue weighted by Crippen LogP contribution is -2.45. The van der Waals surface area contributed by atoms with Crippen LogP contribution < -0.4 is 10.6 Å². The van der Waals surface area contributed by atoms with Crippen LogP contribution in [0.4, 0.5) is 19.3 Å². The molecule has 3 amide bonds. The molecule has 3 aliphatic rings. The topological polar surface area (TPSA) is 70.7 Å². The van der Waals surface area contributed by atoms with E-state index in [2.05, 4.69) is 10.6 Å². The van der Waals surface area contributed by atoms with Crippen molar-refractivity contribution in [3.63, 3.8) is 0 Å². The molecule has 4 rings (SSSR count). The molecule has 146 valence electrons. The van der Waals surface area contributed by atoms with Crippen molar-refractivity contribution in [3.05, 3.63) is 29.8 Å². The number of amides is 3. The molecule has 1 spiro atoms. The molecule has 1 unspecified atom stereocenters. The summed E-state index contributed by atoms with van der Waals surface area (Å²) in [5, 5.41) is 5.55. The quantitative estimate of drug-likeness (QED) is 0.848. The van der Waals surface area contributed by atoms with Gasteiger partial charge in [-0.25, -0.2) is 13.6 Å². The zero-order valence-electron chi connectivity index (χ0n) is 15.0. The molecule has 0 bridgehead atoms. The summed E-state index contributed by atoms with van der Waals surface area (Å²) in [7, 11) is 0. The summed E-state index contributed by atoms with van der Waals surface area (Å²) in [5.74, 6) is -1.84. The lowest BCUT2D eigenvalue weighted by atomic mass is 9.71. The van der Waals surface area contributed by atoms with Gasteiger partial charge in [-0.15, -0.1) is 0 Å². The largest absolute Gasteiger partial charge is 0.381 e. The van der Waals surface area contributed by atoms with E-state index < -0.39 is 17.7 Å². The standard InChI is InChI=1S/C19H23F2N3O3/c20-12-1-4-16(15(21)9-12)23-18(26)24-10-14(17(25)22-13-2-3-13)19(11-24)5-7-27-8-6-19/h1,4,9,13-14H,2-3,5-8,10-11H2,(H,22,25)(H,23,26). The zero-order valence-corrected chi connectivity index (χ0v) is 15.0. The van der Waals surface area contributed by atoms with Gasteiger partial charge in [0.1, 0.15) is 11.6 Å². The Balaban J connectivity index is 1.49. The van der Waals surface area contributed by atoms with Gasteiger partial charge in [-0.3, -0.25) is 4.79 Å². The second kappa shape index (κ2) is 7.07. The first-order chi connectivity index (χ1) is 13.0. The van der Waals surface area contributed by atoms with Gasteiger partial charge in [-0.1, -0.05) is 0 Å². The molecule has 8 heteroatoms. The third kappa shape index (κ3) is 3.76. The van der Waals surface area contributed by atoms with E-state index in [0.717, 1.165) is 25.0 Å². The molecule has 1 aromatic carbocycles. The number of carbonyl (C=O) groups excluding carboxylic acids is 2. The maximum atomic E-state index is 13.8. The maximum absolute atomic E-state index is 13.8. The van der Waals surface area contributed by atoms with Gasteiger partial charge in [0.15, 0.2) is 0 Å². The second-order valence-electron chi connectivity index (χ2n) is 7.75. The van der Waals surface area contributed by atoms with E-state index in [0.29, 0.717) is 32.6 Å². The molecule has 2 heterocycles. The van der Waals surface area contributed by atoms with E-state index >= 15 is 0 Å². The van der Waals surface area contributed by atoms with Crippen LogP contribution in [0.3, 0.4) is 0 Å². The average Bonchev–Trinajstić information content (AvgIpc) is 3.38. The minimum absolute atomic E-state index is 0.0114. The van der Waals surface area contributed by atoms with Crippen LogP contribution in [-0.4, -0.2) is 49.2 Å². The van der Waals surface area contributed by atoms with Crippen molar-refractivity contribution in [2.75, 3.05) is 31.6 Å². The summed E-state index contributed by atoms with van der Waals surface area (Å²) in [5.41, 5.74) is -0.385. The molecule has 0 radical (unpaired) electrons. The molecule has 0 aromatic heterocycles. The molecular weight excluding hydrogens is 356 g/mol. The number of likely N-dealkylation sites (tertiary alicyclic amines) is 1. The molecule has 1 aliphatic carbocycles. The molecular formula is C19H23F2N3O3. The van der Waals surface area contributed by atoms with Crippen LogP contribution in [0, 0.1) is 23.0 Å². The first-order valence-corrected chi connectivity index (χ1v) is 9.36. The minimum Gasteiger partial charge on any atom is -0.381 e. The first-order valence-electron chi connectivity index (χ1n) is 9.36. The van der Waals surface area contributed by atoms with Crippen LogP contribution in [0.5, 0.6) is 0 Å². The fourth-order valence-corrected chi connectivity index (χ4v) is 4.08. The van der Waals surface area contributed by atoms with Gasteiger partial charge < -0.3 is 20.3 Å². The Kier molecular flexibility index (Phi) is 4.75. The van der Waals surface area contributed by atoms with Crippen molar-refractivity contribution in [2.24, 2.45) is 11.3 Å². The molecule has 1 aromatic rings. The van der Waals surface area contributed by atoms with E-state index in [9.17, 15) is 18.4 Å². The number of urea groups is 1. The maximum Gasteiger partial charge on any atom is 0.321 e. The molecule has 3 fully saturated rings. The number of halogens is 2. The SMILES string of the molecule is O=C(NC1CC1)C1CN(C(=O)Nc2ccc(F)cc2F)CC12CCOCC2. The summed E-state index contributed by atoms with van der Waals surface area (Å²) in [6, 6.07) is 2.79. The van der Waals surface area contributed by atoms with Crippen LogP contribution in [-0.2, 0) is 9.53 Å². The zero-order chi connectivity index (χ0) is 19.0. The van der Waals surface area contributed by atoms with Gasteiger partial charge in [-0.05, 0) is 37.8 Å². The van der Waals surface area contributed by atoms with Gasteiger partial charge in [-0.2, -0.15) is 0 Å². The highest BCUT2D eigenvalue weighted by Gasteiger charge is 2.52. The Morgan fingerprint density at radius 1 is 1.19 bits per heavy atom. The summed E-state index contributed by atoms with van der Waals surface area (Å²) in [4.78, 5) is 27.0. The number of hydrogen-bond acceptors (Lipinski definition) is 3. The highest BCUT2D eigenvalue weighted by atomic mass is 19.1. The Bertz CT molecular complexity index is 748. The normalized spacial score (nSPS) is 24.1. The van der Waals surface area contributed by atoms with Gasteiger partial charge in [0.25, 0.3) is 0 Å². The van der Waals surface area contributed by atoms with Crippen molar-refractivity contribution >= 4 is 17.6 Å². The van der Waals surface area contributed by atoms with Gasteiger partial charge >= 0.3 is 6.03 Å². The number of nitrogens with one attached hydrogen (secondary N) is 2. The lowest BCUT2D eigenvalue weighted by molar-refractivity contribution is -0.130. The molecule has 2 aliphatic heterocycles. The van der Waals surface area contributed by atoms with Crippen LogP contribution in [0.1, 0.15) is 25.7 Å². The fraction of sp³-hybridized carbons (Fsp3) is 0.579. The highest BCUT2D eigenvalue weighted by Crippen LogP contribution is 2.45. The number of nitrogens with zero attached hydrogens (tertiary/aromatic N) is 1. The second-order valence-corrected chi connectivity index (χ2v) is 7.75. The summed E-state index contributed by atoms with van der Waals surface area (Å²) >= 11 is 0. The van der Waals surface area contributed by atoms with Gasteiger partial charge in [0.05, 0.1) is 11.6 Å². The van der Waals surface area contributed by atoms with Crippen molar-refractivity contribution in [2.45, 2.75) is 31.7 Å². The van der Waals surface area contributed by atoms with E-state index in [1.807, 2.05) is 0 Å². The average molecular weight is 379 g/mol. The van der Waals surface area contributed by atoms with E-state index in [-0.39, 0.29) is 35.5 Å². The van der Waals surface area contributed by atoms with Gasteiger partial charge in [0.2, 0.25) is 5.91 Å². The Morgan fingerprint density at radius 2 is 1.93 bits per heavy atom. The van der Waals surface area contributed by atoms with Crippen LogP contribution in [0.15, 0.2) is 18.2 Å². The third-order valence-corrected chi connectivity index (χ3v) is 5.84. The van der Waals surface area contributed by atoms with E-state index in [1.54, 1.807) is 4.90 Å². The van der Waals surface area contributed by atoms with Crippen molar-refractivity contribution in [3.8, 4) is 0 Å². The lowest BCUT2D eigenvalue weighted by Gasteiger charge is -2.37. The minimum atomic E-state index is -0.827. The predicted octanol–water partition coefficient (Wildman–Crippen LogP) is 2.50. The Labute approximate surface area is 156 Å². The van der Waals surface area contributed by atoms with Gasteiger partial charge in [0, 0.05) is 43.8 Å².